The number of rotatable bonds is 5. The molecule has 0 saturated heterocycles. The second-order valence-corrected chi connectivity index (χ2v) is 11.2. The largest absolute Gasteiger partial charge is 0.306 e. The van der Waals surface area contributed by atoms with Crippen LogP contribution in [0.25, 0.3) is 0 Å². The van der Waals surface area contributed by atoms with Gasteiger partial charge in [0.1, 0.15) is 0 Å². The lowest BCUT2D eigenvalue weighted by Gasteiger charge is -2.27. The van der Waals surface area contributed by atoms with E-state index in [1.165, 1.54) is 12.7 Å². The predicted molar refractivity (Wildman–Crippen MR) is 109 cm³/mol. The number of hydrogen-bond acceptors (Lipinski definition) is 2. The number of benzene rings is 3. The average Bonchev–Trinajstić information content (AvgIpc) is 2.68. The number of isocyanates is 1. The molecule has 0 aliphatic rings. The molecule has 0 bridgehead atoms. The van der Waals surface area contributed by atoms with Gasteiger partial charge in [-0.2, -0.15) is 0 Å². The van der Waals surface area contributed by atoms with E-state index < -0.39 is 14.5 Å². The molecule has 130 valence electrons. The fourth-order valence-electron chi connectivity index (χ4n) is 2.88. The predicted octanol–water partition coefficient (Wildman–Crippen LogP) is 4.32. The normalized spacial score (nSPS) is 13.3. The molecular formula is C20H18N2O2P2. The Hall–Kier alpha value is -2.50. The molecule has 0 aliphatic carbocycles. The summed E-state index contributed by atoms with van der Waals surface area (Å²) in [5, 5.41) is 2.88. The van der Waals surface area contributed by atoms with Crippen molar-refractivity contribution in [3.8, 4) is 0 Å². The summed E-state index contributed by atoms with van der Waals surface area (Å²) in [5.74, 6) is 0. The summed E-state index contributed by atoms with van der Waals surface area (Å²) < 4.78 is 21.3. The van der Waals surface area contributed by atoms with Crippen molar-refractivity contribution in [3.05, 3.63) is 91.0 Å². The highest BCUT2D eigenvalue weighted by Crippen LogP contribution is 2.59. The van der Waals surface area contributed by atoms with Crippen molar-refractivity contribution in [2.24, 2.45) is 9.28 Å². The average molecular weight is 380 g/mol. The van der Waals surface area contributed by atoms with Gasteiger partial charge in [-0.15, -0.1) is 4.76 Å². The maximum absolute atomic E-state index is 13.0. The zero-order chi connectivity index (χ0) is 18.5. The Morgan fingerprint density at radius 1 is 0.692 bits per heavy atom. The quantitative estimate of drug-likeness (QED) is 0.376. The maximum Gasteiger partial charge on any atom is 0.306 e. The van der Waals surface area contributed by atoms with E-state index >= 15 is 0 Å². The Labute approximate surface area is 153 Å². The van der Waals surface area contributed by atoms with Crippen molar-refractivity contribution < 1.29 is 9.36 Å². The van der Waals surface area contributed by atoms with Gasteiger partial charge < -0.3 is 0 Å². The van der Waals surface area contributed by atoms with Crippen LogP contribution in [0.2, 0.25) is 0 Å². The first-order valence-corrected chi connectivity index (χ1v) is 11.9. The molecule has 0 aliphatic heterocycles. The minimum atomic E-state index is -3.43. The van der Waals surface area contributed by atoms with Gasteiger partial charge in [0, 0.05) is 22.6 Å². The standard InChI is InChI=1S/C20H18N2O2P2/c1-25(24,21-17-23)22-26(18-11-5-2-6-12-18,19-13-7-3-8-14-19)20-15-9-4-10-16-20/h2-16H,1H3. The molecule has 26 heavy (non-hydrogen) atoms. The van der Waals surface area contributed by atoms with Crippen molar-refractivity contribution in [2.75, 3.05) is 6.66 Å². The molecule has 0 heterocycles. The zero-order valence-electron chi connectivity index (χ0n) is 14.3. The van der Waals surface area contributed by atoms with E-state index in [1.54, 1.807) is 0 Å². The van der Waals surface area contributed by atoms with Crippen LogP contribution in [0.4, 0.5) is 0 Å². The van der Waals surface area contributed by atoms with Crippen LogP contribution in [0.3, 0.4) is 0 Å². The Morgan fingerprint density at radius 2 is 1.04 bits per heavy atom. The van der Waals surface area contributed by atoms with Crippen LogP contribution < -0.4 is 15.9 Å². The van der Waals surface area contributed by atoms with E-state index in [9.17, 15) is 9.36 Å². The Kier molecular flexibility index (Phi) is 5.49. The Bertz CT molecular complexity index is 926. The lowest BCUT2D eigenvalue weighted by atomic mass is 10.4. The van der Waals surface area contributed by atoms with Gasteiger partial charge in [-0.05, 0) is 0 Å². The molecule has 3 aromatic rings. The molecule has 0 spiro atoms. The maximum atomic E-state index is 13.0. The summed E-state index contributed by atoms with van der Waals surface area (Å²) >= 11 is 0. The van der Waals surface area contributed by atoms with Crippen LogP contribution in [0, 0.1) is 0 Å². The highest BCUT2D eigenvalue weighted by molar-refractivity contribution is 7.91. The minimum absolute atomic E-state index is 0.959. The van der Waals surface area contributed by atoms with Gasteiger partial charge in [-0.1, -0.05) is 91.0 Å². The first kappa shape index (κ1) is 18.3. The minimum Gasteiger partial charge on any atom is -0.272 e. The number of nitrogens with zero attached hydrogens (tertiary/aromatic N) is 2. The fraction of sp³-hybridized carbons (Fsp3) is 0.0500. The lowest BCUT2D eigenvalue weighted by Crippen LogP contribution is -2.25. The van der Waals surface area contributed by atoms with Gasteiger partial charge in [0.25, 0.3) is 0 Å². The summed E-state index contributed by atoms with van der Waals surface area (Å²) in [6.45, 7) is 1.40. The summed E-state index contributed by atoms with van der Waals surface area (Å²) in [7, 11) is -6.05. The monoisotopic (exact) mass is 380 g/mol. The molecule has 1 unspecified atom stereocenters. The summed E-state index contributed by atoms with van der Waals surface area (Å²) in [6.07, 6.45) is 1.42. The van der Waals surface area contributed by atoms with Gasteiger partial charge >= 0.3 is 7.44 Å². The van der Waals surface area contributed by atoms with Crippen molar-refractivity contribution in [3.63, 3.8) is 0 Å². The molecule has 0 fully saturated rings. The highest BCUT2D eigenvalue weighted by atomic mass is 31.2. The Morgan fingerprint density at radius 3 is 1.35 bits per heavy atom. The van der Waals surface area contributed by atoms with Crippen LogP contribution in [-0.2, 0) is 9.36 Å². The van der Waals surface area contributed by atoms with Gasteiger partial charge in [0.15, 0.2) is 0 Å². The smallest absolute Gasteiger partial charge is 0.272 e. The SMILES string of the molecule is CP(=O)(N=C=O)N=P(c1ccccc1)(c1ccccc1)c1ccccc1. The van der Waals surface area contributed by atoms with E-state index in [-0.39, 0.29) is 0 Å². The van der Waals surface area contributed by atoms with Crippen LogP contribution in [-0.4, -0.2) is 12.7 Å². The number of carbonyl (C=O) groups excluding carboxylic acids is 1. The molecule has 0 aromatic heterocycles. The van der Waals surface area contributed by atoms with E-state index in [2.05, 4.69) is 4.76 Å². The van der Waals surface area contributed by atoms with Gasteiger partial charge in [-0.25, -0.2) is 9.31 Å². The molecule has 0 radical (unpaired) electrons. The van der Waals surface area contributed by atoms with Crippen molar-refractivity contribution in [2.45, 2.75) is 0 Å². The summed E-state index contributed by atoms with van der Waals surface area (Å²) in [6, 6.07) is 29.4. The van der Waals surface area contributed by atoms with E-state index in [4.69, 9.17) is 4.52 Å². The number of hydrogen-bond donors (Lipinski definition) is 0. The second-order valence-electron chi connectivity index (χ2n) is 5.76. The van der Waals surface area contributed by atoms with Gasteiger partial charge in [0.05, 0.1) is 7.05 Å². The van der Waals surface area contributed by atoms with Gasteiger partial charge in [0.2, 0.25) is 6.08 Å². The lowest BCUT2D eigenvalue weighted by molar-refractivity contribution is 0.562. The van der Waals surface area contributed by atoms with Gasteiger partial charge in [-0.3, -0.25) is 4.57 Å². The zero-order valence-corrected chi connectivity index (χ0v) is 16.1. The Balaban J connectivity index is 2.50. The summed E-state index contributed by atoms with van der Waals surface area (Å²) in [4.78, 5) is 10.8. The molecule has 0 saturated carbocycles. The van der Waals surface area contributed by atoms with Crippen LogP contribution in [0.15, 0.2) is 100 Å². The van der Waals surface area contributed by atoms with Crippen molar-refractivity contribution >= 4 is 36.5 Å². The third kappa shape index (κ3) is 3.69. The van der Waals surface area contributed by atoms with Crippen LogP contribution in [0.1, 0.15) is 0 Å². The molecule has 0 amide bonds. The topological polar surface area (TPSA) is 58.9 Å². The van der Waals surface area contributed by atoms with E-state index in [0.717, 1.165) is 15.9 Å². The molecular weight excluding hydrogens is 362 g/mol. The van der Waals surface area contributed by atoms with E-state index in [0.29, 0.717) is 0 Å². The molecule has 3 aromatic carbocycles. The highest BCUT2D eigenvalue weighted by Gasteiger charge is 2.30. The molecule has 3 rings (SSSR count). The molecule has 0 N–H and O–H groups in total. The molecule has 1 atom stereocenters. The van der Waals surface area contributed by atoms with Crippen LogP contribution in [0.5, 0.6) is 0 Å². The van der Waals surface area contributed by atoms with E-state index in [1.807, 2.05) is 91.0 Å². The first-order chi connectivity index (χ1) is 12.6. The second kappa shape index (κ2) is 7.81. The van der Waals surface area contributed by atoms with Crippen molar-refractivity contribution in [1.29, 1.82) is 0 Å². The van der Waals surface area contributed by atoms with Crippen molar-refractivity contribution in [1.82, 2.24) is 0 Å². The fourth-order valence-corrected chi connectivity index (χ4v) is 9.13. The molecule has 4 nitrogen and oxygen atoms in total. The van der Waals surface area contributed by atoms with Crippen LogP contribution >= 0.6 is 14.5 Å². The molecule has 6 heteroatoms. The summed E-state index contributed by atoms with van der Waals surface area (Å²) in [5.41, 5.74) is 0. The third-order valence-corrected chi connectivity index (χ3v) is 9.91. The first-order valence-electron chi connectivity index (χ1n) is 8.06. The third-order valence-electron chi connectivity index (χ3n) is 3.92.